The number of nitrogens with zero attached hydrogens (tertiary/aromatic N) is 1. The van der Waals surface area contributed by atoms with E-state index in [0.29, 0.717) is 5.92 Å². The lowest BCUT2D eigenvalue weighted by molar-refractivity contribution is 0.318. The highest BCUT2D eigenvalue weighted by Gasteiger charge is 2.43. The molecule has 2 N–H and O–H groups in total. The Bertz CT molecular complexity index is 669. The molecule has 3 rings (SSSR count). The van der Waals surface area contributed by atoms with E-state index in [9.17, 15) is 0 Å². The van der Waals surface area contributed by atoms with E-state index >= 15 is 0 Å². The van der Waals surface area contributed by atoms with E-state index < -0.39 is 0 Å². The Labute approximate surface area is 140 Å². The lowest BCUT2D eigenvalue weighted by atomic mass is 9.71. The molecule has 2 nitrogen and oxygen atoms in total. The van der Waals surface area contributed by atoms with E-state index in [1.54, 1.807) is 11.8 Å². The van der Waals surface area contributed by atoms with Crippen molar-refractivity contribution < 1.29 is 0 Å². The van der Waals surface area contributed by atoms with Gasteiger partial charge in [0.05, 0.1) is 5.54 Å². The molecule has 1 spiro atoms. The maximum atomic E-state index is 6.08. The first-order valence-corrected chi connectivity index (χ1v) is 9.41. The molecule has 116 valence electrons. The van der Waals surface area contributed by atoms with Gasteiger partial charge in [0, 0.05) is 15.5 Å². The van der Waals surface area contributed by atoms with Crippen LogP contribution in [0.4, 0.5) is 0 Å². The van der Waals surface area contributed by atoms with Gasteiger partial charge in [0.25, 0.3) is 0 Å². The van der Waals surface area contributed by atoms with Gasteiger partial charge < -0.3 is 5.73 Å². The topological polar surface area (TPSA) is 38.4 Å². The van der Waals surface area contributed by atoms with Crippen molar-refractivity contribution in [1.82, 2.24) is 0 Å². The van der Waals surface area contributed by atoms with Crippen LogP contribution in [0.1, 0.15) is 28.2 Å². The maximum absolute atomic E-state index is 6.08. The summed E-state index contributed by atoms with van der Waals surface area (Å²) in [5.74, 6) is 1.49. The molecule has 1 aromatic rings. The summed E-state index contributed by atoms with van der Waals surface area (Å²) in [6.07, 6.45) is 9.06. The van der Waals surface area contributed by atoms with Crippen molar-refractivity contribution in [2.24, 2.45) is 16.6 Å². The average Bonchev–Trinajstić information content (AvgIpc) is 2.86. The SMILES string of the molecule is C=C/C=C(\C=C)C1Cc2sc(C)cc2C2(CCSC(N)=N2)C1. The van der Waals surface area contributed by atoms with Crippen molar-refractivity contribution in [1.29, 1.82) is 0 Å². The number of nitrogens with two attached hydrogens (primary N) is 1. The number of amidine groups is 1. The molecule has 2 unspecified atom stereocenters. The number of hydrogen-bond acceptors (Lipinski definition) is 4. The van der Waals surface area contributed by atoms with Gasteiger partial charge in [-0.05, 0) is 49.3 Å². The van der Waals surface area contributed by atoms with Crippen LogP contribution >= 0.6 is 23.1 Å². The van der Waals surface area contributed by atoms with Gasteiger partial charge in [-0.15, -0.1) is 11.3 Å². The fourth-order valence-corrected chi connectivity index (χ4v) is 5.73. The van der Waals surface area contributed by atoms with Crippen LogP contribution in [0.5, 0.6) is 0 Å². The molecule has 2 atom stereocenters. The van der Waals surface area contributed by atoms with Crippen LogP contribution in [-0.2, 0) is 12.0 Å². The normalized spacial score (nSPS) is 28.1. The second-order valence-corrected chi connectivity index (χ2v) is 8.44. The monoisotopic (exact) mass is 330 g/mol. The van der Waals surface area contributed by atoms with E-state index in [2.05, 4.69) is 32.2 Å². The van der Waals surface area contributed by atoms with Crippen molar-refractivity contribution in [2.75, 3.05) is 5.75 Å². The molecule has 0 saturated heterocycles. The second kappa shape index (κ2) is 6.09. The van der Waals surface area contributed by atoms with Crippen LogP contribution in [0.3, 0.4) is 0 Å². The van der Waals surface area contributed by atoms with Gasteiger partial charge in [0.1, 0.15) is 0 Å². The lowest BCUT2D eigenvalue weighted by Gasteiger charge is -2.40. The first kappa shape index (κ1) is 15.6. The van der Waals surface area contributed by atoms with Crippen molar-refractivity contribution in [2.45, 2.75) is 31.7 Å². The van der Waals surface area contributed by atoms with Crippen molar-refractivity contribution >= 4 is 28.3 Å². The number of fused-ring (bicyclic) bond motifs is 2. The number of aliphatic imine (C=N–C) groups is 1. The highest BCUT2D eigenvalue weighted by atomic mass is 32.2. The molecule has 0 aromatic carbocycles. The third-order valence-electron chi connectivity index (χ3n) is 4.56. The summed E-state index contributed by atoms with van der Waals surface area (Å²) >= 11 is 3.58. The third-order valence-corrected chi connectivity index (χ3v) is 6.42. The number of allylic oxidation sites excluding steroid dienone is 4. The summed E-state index contributed by atoms with van der Waals surface area (Å²) in [7, 11) is 0. The van der Waals surface area contributed by atoms with E-state index in [4.69, 9.17) is 10.7 Å². The molecule has 2 heterocycles. The van der Waals surface area contributed by atoms with Gasteiger partial charge in [-0.1, -0.05) is 43.1 Å². The maximum Gasteiger partial charge on any atom is 0.154 e. The summed E-state index contributed by atoms with van der Waals surface area (Å²) < 4.78 is 0. The fourth-order valence-electron chi connectivity index (χ4n) is 3.63. The van der Waals surface area contributed by atoms with Gasteiger partial charge >= 0.3 is 0 Å². The molecule has 0 radical (unpaired) electrons. The molecule has 0 bridgehead atoms. The predicted octanol–water partition coefficient (Wildman–Crippen LogP) is 4.56. The van der Waals surface area contributed by atoms with Crippen LogP contribution < -0.4 is 5.73 Å². The van der Waals surface area contributed by atoms with Crippen molar-refractivity contribution in [3.63, 3.8) is 0 Å². The summed E-state index contributed by atoms with van der Waals surface area (Å²) in [6.45, 7) is 10.0. The largest absolute Gasteiger partial charge is 0.379 e. The molecule has 1 aliphatic heterocycles. The van der Waals surface area contributed by atoms with Gasteiger partial charge in [-0.3, -0.25) is 4.99 Å². The molecule has 1 aliphatic carbocycles. The lowest BCUT2D eigenvalue weighted by Crippen LogP contribution is -2.37. The predicted molar refractivity (Wildman–Crippen MR) is 99.7 cm³/mol. The minimum atomic E-state index is -0.137. The highest BCUT2D eigenvalue weighted by Crippen LogP contribution is 2.50. The van der Waals surface area contributed by atoms with E-state index in [1.807, 2.05) is 23.5 Å². The number of thiophene rings is 1. The van der Waals surface area contributed by atoms with Gasteiger partial charge in [-0.2, -0.15) is 0 Å². The van der Waals surface area contributed by atoms with Gasteiger partial charge in [0.2, 0.25) is 0 Å². The third kappa shape index (κ3) is 2.70. The Morgan fingerprint density at radius 2 is 2.32 bits per heavy atom. The highest BCUT2D eigenvalue weighted by molar-refractivity contribution is 8.13. The summed E-state index contributed by atoms with van der Waals surface area (Å²) in [5.41, 5.74) is 8.62. The standard InChI is InChI=1S/C18H22N2S2/c1-4-6-13(5-2)14-10-16-15(9-12(3)22-16)18(11-14)7-8-21-17(19)20-18/h4-6,9,14H,1-2,7-8,10-11H2,3H3,(H2,19,20)/b13-6+. The molecule has 4 heteroatoms. The number of thioether (sulfide) groups is 1. The quantitative estimate of drug-likeness (QED) is 0.825. The second-order valence-electron chi connectivity index (χ2n) is 5.99. The first-order valence-electron chi connectivity index (χ1n) is 7.61. The average molecular weight is 331 g/mol. The molecule has 2 aliphatic rings. The van der Waals surface area contributed by atoms with Crippen LogP contribution in [-0.4, -0.2) is 10.9 Å². The smallest absolute Gasteiger partial charge is 0.154 e. The summed E-state index contributed by atoms with van der Waals surface area (Å²) in [4.78, 5) is 7.76. The Morgan fingerprint density at radius 3 is 3.00 bits per heavy atom. The summed E-state index contributed by atoms with van der Waals surface area (Å²) in [6, 6.07) is 2.33. The van der Waals surface area contributed by atoms with Gasteiger partial charge in [-0.25, -0.2) is 0 Å². The summed E-state index contributed by atoms with van der Waals surface area (Å²) in [5, 5.41) is 0.731. The molecule has 22 heavy (non-hydrogen) atoms. The van der Waals surface area contributed by atoms with E-state index in [1.165, 1.54) is 20.9 Å². The number of rotatable bonds is 3. The molecule has 0 saturated carbocycles. The van der Waals surface area contributed by atoms with E-state index in [-0.39, 0.29) is 5.54 Å². The first-order chi connectivity index (χ1) is 10.6. The van der Waals surface area contributed by atoms with Crippen LogP contribution in [0.15, 0.2) is 48.0 Å². The Morgan fingerprint density at radius 1 is 1.50 bits per heavy atom. The van der Waals surface area contributed by atoms with E-state index in [0.717, 1.165) is 30.2 Å². The zero-order valence-electron chi connectivity index (χ0n) is 13.0. The Kier molecular flexibility index (Phi) is 4.33. The van der Waals surface area contributed by atoms with Crippen LogP contribution in [0.2, 0.25) is 0 Å². The zero-order chi connectivity index (χ0) is 15.7. The van der Waals surface area contributed by atoms with Crippen molar-refractivity contribution in [3.8, 4) is 0 Å². The zero-order valence-corrected chi connectivity index (χ0v) is 14.6. The van der Waals surface area contributed by atoms with Crippen molar-refractivity contribution in [3.05, 3.63) is 58.3 Å². The molecular weight excluding hydrogens is 308 g/mol. The number of hydrogen-bond donors (Lipinski definition) is 1. The minimum Gasteiger partial charge on any atom is -0.379 e. The minimum absolute atomic E-state index is 0.137. The molecule has 1 aromatic heterocycles. The van der Waals surface area contributed by atoms with Crippen LogP contribution in [0, 0.1) is 12.8 Å². The molecule has 0 fully saturated rings. The Balaban J connectivity index is 2.09. The number of aryl methyl sites for hydroxylation is 1. The Hall–Kier alpha value is -1.26. The fraction of sp³-hybridized carbons (Fsp3) is 0.389. The van der Waals surface area contributed by atoms with Gasteiger partial charge in [0.15, 0.2) is 5.17 Å². The van der Waals surface area contributed by atoms with Crippen LogP contribution in [0.25, 0.3) is 0 Å². The molecular formula is C18H22N2S2. The molecule has 0 amide bonds.